The lowest BCUT2D eigenvalue weighted by molar-refractivity contribution is -0.142. The molecule has 0 aromatic carbocycles. The highest BCUT2D eigenvalue weighted by atomic mass is 19.1. The van der Waals surface area contributed by atoms with Crippen molar-refractivity contribution in [3.8, 4) is 0 Å². The second-order valence-electron chi connectivity index (χ2n) is 2.44. The maximum atomic E-state index is 12.6. The van der Waals surface area contributed by atoms with Gasteiger partial charge < -0.3 is 10.5 Å². The maximum absolute atomic E-state index is 12.6. The molecule has 0 bridgehead atoms. The largest absolute Gasteiger partial charge is 0.468 e. The lowest BCUT2D eigenvalue weighted by Gasteiger charge is -2.08. The number of hydrogen-bond donors (Lipinski definition) is 1. The van der Waals surface area contributed by atoms with Gasteiger partial charge in [-0.15, -0.1) is 0 Å². The number of nitrogens with zero attached hydrogens (tertiary/aromatic N) is 1. The van der Waals surface area contributed by atoms with E-state index in [1.54, 1.807) is 0 Å². The summed E-state index contributed by atoms with van der Waals surface area (Å²) < 4.78 is 17.0. The van der Waals surface area contributed by atoms with Crippen molar-refractivity contribution < 1.29 is 13.9 Å². The SMILES string of the molecule is COC(=O)C(N)c1cncc(F)c1. The van der Waals surface area contributed by atoms with Crippen LogP contribution in [0.25, 0.3) is 0 Å². The molecule has 0 spiro atoms. The van der Waals surface area contributed by atoms with Crippen molar-refractivity contribution in [2.24, 2.45) is 5.73 Å². The fourth-order valence-electron chi connectivity index (χ4n) is 0.861. The molecule has 0 saturated heterocycles. The van der Waals surface area contributed by atoms with Crippen LogP contribution in [0.4, 0.5) is 4.39 Å². The van der Waals surface area contributed by atoms with E-state index in [1.165, 1.54) is 13.3 Å². The molecule has 1 unspecified atom stereocenters. The smallest absolute Gasteiger partial charge is 0.327 e. The van der Waals surface area contributed by atoms with Gasteiger partial charge in [0.1, 0.15) is 11.9 Å². The van der Waals surface area contributed by atoms with Crippen molar-refractivity contribution >= 4 is 5.97 Å². The number of aromatic nitrogens is 1. The number of halogens is 1. The zero-order valence-corrected chi connectivity index (χ0v) is 7.03. The molecule has 70 valence electrons. The van der Waals surface area contributed by atoms with Crippen molar-refractivity contribution in [3.63, 3.8) is 0 Å². The molecule has 0 amide bonds. The molecule has 4 nitrogen and oxygen atoms in total. The summed E-state index contributed by atoms with van der Waals surface area (Å²) in [5, 5.41) is 0. The zero-order chi connectivity index (χ0) is 9.84. The maximum Gasteiger partial charge on any atom is 0.327 e. The van der Waals surface area contributed by atoms with Crippen LogP contribution in [0.5, 0.6) is 0 Å². The Hall–Kier alpha value is -1.49. The Labute approximate surface area is 74.5 Å². The number of hydrogen-bond acceptors (Lipinski definition) is 4. The van der Waals surface area contributed by atoms with E-state index in [1.807, 2.05) is 0 Å². The summed E-state index contributed by atoms with van der Waals surface area (Å²) in [5.41, 5.74) is 5.73. The lowest BCUT2D eigenvalue weighted by atomic mass is 10.1. The van der Waals surface area contributed by atoms with Gasteiger partial charge in [-0.05, 0) is 6.07 Å². The molecule has 0 saturated carbocycles. The van der Waals surface area contributed by atoms with Gasteiger partial charge in [0.2, 0.25) is 0 Å². The summed E-state index contributed by atoms with van der Waals surface area (Å²) in [5.74, 6) is -1.15. The third-order valence-electron chi connectivity index (χ3n) is 1.54. The van der Waals surface area contributed by atoms with Gasteiger partial charge in [0.15, 0.2) is 0 Å². The van der Waals surface area contributed by atoms with E-state index in [4.69, 9.17) is 5.73 Å². The van der Waals surface area contributed by atoms with Crippen molar-refractivity contribution in [3.05, 3.63) is 29.8 Å². The second-order valence-corrected chi connectivity index (χ2v) is 2.44. The Morgan fingerprint density at radius 1 is 1.69 bits per heavy atom. The van der Waals surface area contributed by atoms with Crippen LogP contribution >= 0.6 is 0 Å². The Morgan fingerprint density at radius 2 is 2.38 bits per heavy atom. The quantitative estimate of drug-likeness (QED) is 0.675. The normalized spacial score (nSPS) is 12.2. The topological polar surface area (TPSA) is 65.2 Å². The molecule has 1 atom stereocenters. The van der Waals surface area contributed by atoms with Crippen molar-refractivity contribution in [2.45, 2.75) is 6.04 Å². The van der Waals surface area contributed by atoms with Crippen molar-refractivity contribution in [2.75, 3.05) is 7.11 Å². The average Bonchev–Trinajstić information content (AvgIpc) is 2.15. The molecule has 1 rings (SSSR count). The van der Waals surface area contributed by atoms with Gasteiger partial charge in [-0.2, -0.15) is 0 Å². The first-order valence-electron chi connectivity index (χ1n) is 3.59. The van der Waals surface area contributed by atoms with Gasteiger partial charge in [0.25, 0.3) is 0 Å². The van der Waals surface area contributed by atoms with Crippen LogP contribution in [0.15, 0.2) is 18.5 Å². The standard InChI is InChI=1S/C8H9FN2O2/c1-13-8(12)7(10)5-2-6(9)4-11-3-5/h2-4,7H,10H2,1H3. The molecule has 0 aliphatic rings. The number of carbonyl (C=O) groups excluding carboxylic acids is 1. The Bertz CT molecular complexity index is 317. The Kier molecular flexibility index (Phi) is 2.92. The summed E-state index contributed by atoms with van der Waals surface area (Å²) in [4.78, 5) is 14.5. The molecule has 13 heavy (non-hydrogen) atoms. The van der Waals surface area contributed by atoms with E-state index in [9.17, 15) is 9.18 Å². The van der Waals surface area contributed by atoms with E-state index in [0.29, 0.717) is 5.56 Å². The third-order valence-corrected chi connectivity index (χ3v) is 1.54. The van der Waals surface area contributed by atoms with E-state index < -0.39 is 17.8 Å². The lowest BCUT2D eigenvalue weighted by Crippen LogP contribution is -2.22. The molecule has 1 aromatic rings. The monoisotopic (exact) mass is 184 g/mol. The minimum absolute atomic E-state index is 0.298. The van der Waals surface area contributed by atoms with Gasteiger partial charge in [-0.1, -0.05) is 0 Å². The summed E-state index contributed by atoms with van der Waals surface area (Å²) in [6, 6.07) is 0.169. The summed E-state index contributed by atoms with van der Waals surface area (Å²) >= 11 is 0. The van der Waals surface area contributed by atoms with Crippen LogP contribution in [-0.4, -0.2) is 18.1 Å². The summed E-state index contributed by atoms with van der Waals surface area (Å²) in [6.07, 6.45) is 2.36. The number of pyridine rings is 1. The number of carbonyl (C=O) groups is 1. The Balaban J connectivity index is 2.88. The van der Waals surface area contributed by atoms with E-state index in [0.717, 1.165) is 12.3 Å². The molecule has 0 aliphatic carbocycles. The van der Waals surface area contributed by atoms with Gasteiger partial charge in [-0.25, -0.2) is 4.39 Å². The molecule has 0 radical (unpaired) electrons. The van der Waals surface area contributed by atoms with Crippen LogP contribution in [-0.2, 0) is 9.53 Å². The molecule has 0 aliphatic heterocycles. The van der Waals surface area contributed by atoms with Crippen LogP contribution < -0.4 is 5.73 Å². The van der Waals surface area contributed by atoms with Crippen LogP contribution in [0.1, 0.15) is 11.6 Å². The zero-order valence-electron chi connectivity index (χ0n) is 7.03. The van der Waals surface area contributed by atoms with E-state index >= 15 is 0 Å². The molecular formula is C8H9FN2O2. The van der Waals surface area contributed by atoms with Crippen LogP contribution in [0.3, 0.4) is 0 Å². The van der Waals surface area contributed by atoms with Gasteiger partial charge in [0.05, 0.1) is 13.3 Å². The van der Waals surface area contributed by atoms with Gasteiger partial charge in [0, 0.05) is 11.8 Å². The number of methoxy groups -OCH3 is 1. The number of esters is 1. The van der Waals surface area contributed by atoms with Gasteiger partial charge in [-0.3, -0.25) is 9.78 Å². The van der Waals surface area contributed by atoms with E-state index in [-0.39, 0.29) is 0 Å². The Morgan fingerprint density at radius 3 is 2.92 bits per heavy atom. The number of nitrogens with two attached hydrogens (primary N) is 1. The third kappa shape index (κ3) is 2.22. The van der Waals surface area contributed by atoms with Crippen molar-refractivity contribution in [1.82, 2.24) is 4.98 Å². The second kappa shape index (κ2) is 3.95. The highest BCUT2D eigenvalue weighted by Gasteiger charge is 2.16. The molecule has 2 N–H and O–H groups in total. The highest BCUT2D eigenvalue weighted by molar-refractivity contribution is 5.77. The molecule has 1 heterocycles. The predicted molar refractivity (Wildman–Crippen MR) is 43.1 cm³/mol. The highest BCUT2D eigenvalue weighted by Crippen LogP contribution is 2.10. The average molecular weight is 184 g/mol. The number of rotatable bonds is 2. The van der Waals surface area contributed by atoms with Crippen LogP contribution in [0.2, 0.25) is 0 Å². The first kappa shape index (κ1) is 9.60. The van der Waals surface area contributed by atoms with E-state index in [2.05, 4.69) is 9.72 Å². The first-order chi connectivity index (χ1) is 6.15. The minimum atomic E-state index is -0.979. The minimum Gasteiger partial charge on any atom is -0.468 e. The van der Waals surface area contributed by atoms with Crippen molar-refractivity contribution in [1.29, 1.82) is 0 Å². The molecule has 5 heteroatoms. The summed E-state index contributed by atoms with van der Waals surface area (Å²) in [6.45, 7) is 0. The number of ether oxygens (including phenoxy) is 1. The fourth-order valence-corrected chi connectivity index (χ4v) is 0.861. The van der Waals surface area contributed by atoms with Crippen LogP contribution in [0, 0.1) is 5.82 Å². The molecule has 0 fully saturated rings. The first-order valence-corrected chi connectivity index (χ1v) is 3.59. The fraction of sp³-hybridized carbons (Fsp3) is 0.250. The summed E-state index contributed by atoms with van der Waals surface area (Å²) in [7, 11) is 1.22. The molecule has 1 aromatic heterocycles. The molecular weight excluding hydrogens is 175 g/mol. The predicted octanol–water partition coefficient (Wildman–Crippen LogP) is 0.393. The van der Waals surface area contributed by atoms with Gasteiger partial charge >= 0.3 is 5.97 Å².